The molecule has 0 aliphatic carbocycles. The molecule has 5 heteroatoms. The van der Waals surface area contributed by atoms with Crippen LogP contribution in [0, 0.1) is 0 Å². The number of pyridine rings is 1. The van der Waals surface area contributed by atoms with Gasteiger partial charge in [-0.1, -0.05) is 0 Å². The maximum Gasteiger partial charge on any atom is 0.272 e. The molecular formula is C8H9F2NO2. The lowest BCUT2D eigenvalue weighted by Gasteiger charge is -2.05. The number of ether oxygens (including phenoxy) is 2. The molecule has 0 atom stereocenters. The van der Waals surface area contributed by atoms with Crippen LogP contribution < -0.4 is 9.47 Å². The normalized spacial score (nSPS) is 10.2. The van der Waals surface area contributed by atoms with Gasteiger partial charge >= 0.3 is 0 Å². The van der Waals surface area contributed by atoms with Crippen molar-refractivity contribution >= 4 is 0 Å². The van der Waals surface area contributed by atoms with Gasteiger partial charge in [0.25, 0.3) is 6.43 Å². The molecule has 1 heterocycles. The molecule has 13 heavy (non-hydrogen) atoms. The Kier molecular flexibility index (Phi) is 3.42. The average molecular weight is 189 g/mol. The minimum absolute atomic E-state index is 0.326. The average Bonchev–Trinajstić information content (AvgIpc) is 2.15. The highest BCUT2D eigenvalue weighted by Crippen LogP contribution is 2.16. The van der Waals surface area contributed by atoms with E-state index in [0.29, 0.717) is 11.6 Å². The molecule has 0 radical (unpaired) electrons. The molecule has 0 saturated heterocycles. The highest BCUT2D eigenvalue weighted by atomic mass is 19.3. The van der Waals surface area contributed by atoms with Crippen molar-refractivity contribution in [1.82, 2.24) is 4.98 Å². The van der Waals surface area contributed by atoms with Crippen molar-refractivity contribution in [2.75, 3.05) is 13.7 Å². The Morgan fingerprint density at radius 3 is 2.92 bits per heavy atom. The number of aromatic nitrogens is 1. The Morgan fingerprint density at radius 2 is 2.31 bits per heavy atom. The third-order valence-corrected chi connectivity index (χ3v) is 1.29. The molecule has 0 N–H and O–H groups in total. The molecule has 0 saturated carbocycles. The van der Waals surface area contributed by atoms with Gasteiger partial charge in [-0.15, -0.1) is 0 Å². The van der Waals surface area contributed by atoms with Gasteiger partial charge in [0.15, 0.2) is 0 Å². The van der Waals surface area contributed by atoms with Crippen LogP contribution in [0.5, 0.6) is 11.6 Å². The van der Waals surface area contributed by atoms with Gasteiger partial charge in [0.05, 0.1) is 7.11 Å². The van der Waals surface area contributed by atoms with E-state index in [-0.39, 0.29) is 0 Å². The Bertz CT molecular complexity index is 268. The van der Waals surface area contributed by atoms with E-state index in [0.717, 1.165) is 0 Å². The summed E-state index contributed by atoms with van der Waals surface area (Å²) in [6.07, 6.45) is -1.04. The summed E-state index contributed by atoms with van der Waals surface area (Å²) in [7, 11) is 1.44. The first-order valence-corrected chi connectivity index (χ1v) is 3.63. The number of hydrogen-bond acceptors (Lipinski definition) is 3. The minimum Gasteiger partial charge on any atom is -0.487 e. The van der Waals surface area contributed by atoms with Gasteiger partial charge in [-0.3, -0.25) is 0 Å². The standard InChI is InChI=1S/C8H9F2NO2/c1-12-8-4-6(2-3-11-8)13-5-7(9)10/h2-4,7H,5H2,1H3. The second kappa shape index (κ2) is 4.59. The van der Waals surface area contributed by atoms with Crippen molar-refractivity contribution in [1.29, 1.82) is 0 Å². The highest BCUT2D eigenvalue weighted by Gasteiger charge is 2.04. The topological polar surface area (TPSA) is 31.4 Å². The van der Waals surface area contributed by atoms with E-state index in [9.17, 15) is 8.78 Å². The molecule has 0 unspecified atom stereocenters. The van der Waals surface area contributed by atoms with Crippen molar-refractivity contribution < 1.29 is 18.3 Å². The third kappa shape index (κ3) is 3.23. The summed E-state index contributed by atoms with van der Waals surface area (Å²) >= 11 is 0. The lowest BCUT2D eigenvalue weighted by atomic mass is 10.4. The Morgan fingerprint density at radius 1 is 1.54 bits per heavy atom. The zero-order valence-corrected chi connectivity index (χ0v) is 7.04. The summed E-state index contributed by atoms with van der Waals surface area (Å²) in [6, 6.07) is 2.94. The maximum absolute atomic E-state index is 11.7. The van der Waals surface area contributed by atoms with Crippen LogP contribution in [0.3, 0.4) is 0 Å². The van der Waals surface area contributed by atoms with Crippen molar-refractivity contribution in [2.24, 2.45) is 0 Å². The zero-order valence-electron chi connectivity index (χ0n) is 7.04. The smallest absolute Gasteiger partial charge is 0.272 e. The number of hydrogen-bond donors (Lipinski definition) is 0. The Labute approximate surface area is 74.3 Å². The van der Waals surface area contributed by atoms with Crippen LogP contribution in [-0.4, -0.2) is 25.1 Å². The summed E-state index contributed by atoms with van der Waals surface area (Å²) in [6.45, 7) is -0.618. The first-order valence-electron chi connectivity index (χ1n) is 3.63. The molecule has 3 nitrogen and oxygen atoms in total. The molecule has 0 bridgehead atoms. The van der Waals surface area contributed by atoms with E-state index in [1.807, 2.05) is 0 Å². The van der Waals surface area contributed by atoms with E-state index in [1.54, 1.807) is 0 Å². The summed E-state index contributed by atoms with van der Waals surface area (Å²) in [4.78, 5) is 3.80. The number of nitrogens with zero attached hydrogens (tertiary/aromatic N) is 1. The molecule has 0 amide bonds. The quantitative estimate of drug-likeness (QED) is 0.722. The van der Waals surface area contributed by atoms with Gasteiger partial charge in [-0.25, -0.2) is 13.8 Å². The lowest BCUT2D eigenvalue weighted by Crippen LogP contribution is -2.07. The second-order valence-electron chi connectivity index (χ2n) is 2.24. The molecule has 1 aromatic heterocycles. The van der Waals surface area contributed by atoms with Gasteiger partial charge in [-0.2, -0.15) is 0 Å². The molecular weight excluding hydrogens is 180 g/mol. The molecule has 72 valence electrons. The van der Waals surface area contributed by atoms with E-state index < -0.39 is 13.0 Å². The fourth-order valence-corrected chi connectivity index (χ4v) is 0.752. The largest absolute Gasteiger partial charge is 0.487 e. The number of halogens is 2. The van der Waals surface area contributed by atoms with Gasteiger partial charge in [0, 0.05) is 12.3 Å². The second-order valence-corrected chi connectivity index (χ2v) is 2.24. The van der Waals surface area contributed by atoms with E-state index >= 15 is 0 Å². The van der Waals surface area contributed by atoms with Crippen LogP contribution in [-0.2, 0) is 0 Å². The summed E-state index contributed by atoms with van der Waals surface area (Å²) in [5.74, 6) is 0.666. The van der Waals surface area contributed by atoms with Crippen LogP contribution in [0.15, 0.2) is 18.3 Å². The van der Waals surface area contributed by atoms with Gasteiger partial charge in [0.1, 0.15) is 12.4 Å². The van der Waals surface area contributed by atoms with Crippen LogP contribution >= 0.6 is 0 Å². The lowest BCUT2D eigenvalue weighted by molar-refractivity contribution is 0.0817. The first-order chi connectivity index (χ1) is 6.22. The SMILES string of the molecule is COc1cc(OCC(F)F)ccn1. The van der Waals surface area contributed by atoms with Crippen LogP contribution in [0.1, 0.15) is 0 Å². The predicted molar refractivity (Wildman–Crippen MR) is 42.3 cm³/mol. The molecule has 1 rings (SSSR count). The monoisotopic (exact) mass is 189 g/mol. The van der Waals surface area contributed by atoms with Crippen LogP contribution in [0.25, 0.3) is 0 Å². The van der Waals surface area contributed by atoms with E-state index in [4.69, 9.17) is 9.47 Å². The molecule has 0 aromatic carbocycles. The third-order valence-electron chi connectivity index (χ3n) is 1.29. The van der Waals surface area contributed by atoms with E-state index in [2.05, 4.69) is 4.98 Å². The van der Waals surface area contributed by atoms with Crippen molar-refractivity contribution in [2.45, 2.75) is 6.43 Å². The number of methoxy groups -OCH3 is 1. The zero-order chi connectivity index (χ0) is 9.68. The van der Waals surface area contributed by atoms with Crippen LogP contribution in [0.2, 0.25) is 0 Å². The predicted octanol–water partition coefficient (Wildman–Crippen LogP) is 1.73. The van der Waals surface area contributed by atoms with Gasteiger partial charge < -0.3 is 9.47 Å². The molecule has 0 fully saturated rings. The molecule has 1 aromatic rings. The number of rotatable bonds is 4. The van der Waals surface area contributed by atoms with Crippen LogP contribution in [0.4, 0.5) is 8.78 Å². The summed E-state index contributed by atoms with van der Waals surface area (Å²) < 4.78 is 33.0. The number of alkyl halides is 2. The van der Waals surface area contributed by atoms with Crippen molar-refractivity contribution in [3.05, 3.63) is 18.3 Å². The minimum atomic E-state index is -2.47. The molecule has 0 spiro atoms. The molecule has 0 aliphatic rings. The highest BCUT2D eigenvalue weighted by molar-refractivity contribution is 5.25. The summed E-state index contributed by atoms with van der Waals surface area (Å²) in [5.41, 5.74) is 0. The Hall–Kier alpha value is -1.39. The molecule has 0 aliphatic heterocycles. The Balaban J connectivity index is 2.56. The van der Waals surface area contributed by atoms with Crippen molar-refractivity contribution in [3.8, 4) is 11.6 Å². The van der Waals surface area contributed by atoms with Crippen molar-refractivity contribution in [3.63, 3.8) is 0 Å². The summed E-state index contributed by atoms with van der Waals surface area (Å²) in [5, 5.41) is 0. The maximum atomic E-state index is 11.7. The first kappa shape index (κ1) is 9.70. The van der Waals surface area contributed by atoms with E-state index in [1.165, 1.54) is 25.4 Å². The van der Waals surface area contributed by atoms with Gasteiger partial charge in [-0.05, 0) is 6.07 Å². The van der Waals surface area contributed by atoms with Gasteiger partial charge in [0.2, 0.25) is 5.88 Å². The fourth-order valence-electron chi connectivity index (χ4n) is 0.752. The fraction of sp³-hybridized carbons (Fsp3) is 0.375.